The maximum absolute atomic E-state index is 12.4. The molecule has 112 valence electrons. The van der Waals surface area contributed by atoms with E-state index in [2.05, 4.69) is 16.6 Å². The van der Waals surface area contributed by atoms with Gasteiger partial charge in [0.25, 0.3) is 0 Å². The Labute approximate surface area is 119 Å². The summed E-state index contributed by atoms with van der Waals surface area (Å²) in [5, 5.41) is 9.67. The number of hydrogen-bond acceptors (Lipinski definition) is 5. The van der Waals surface area contributed by atoms with Gasteiger partial charge in [-0.05, 0) is 30.9 Å². The Bertz CT molecular complexity index is 576. The normalized spacial score (nSPS) is 27.4. The quantitative estimate of drug-likeness (QED) is 0.765. The van der Waals surface area contributed by atoms with Crippen LogP contribution in [-0.2, 0) is 10.0 Å². The minimum atomic E-state index is -3.78. The van der Waals surface area contributed by atoms with Crippen LogP contribution in [0, 0.1) is 5.92 Å². The molecule has 7 heteroatoms. The maximum Gasteiger partial charge on any atom is 0.244 e. The highest BCUT2D eigenvalue weighted by Crippen LogP contribution is 2.33. The fourth-order valence-electron chi connectivity index (χ4n) is 2.90. The fraction of sp³-hybridized carbons (Fsp3) is 0.615. The van der Waals surface area contributed by atoms with E-state index in [9.17, 15) is 13.5 Å². The van der Waals surface area contributed by atoms with Crippen LogP contribution < -0.4 is 10.5 Å². The van der Waals surface area contributed by atoms with Crippen molar-refractivity contribution >= 4 is 15.8 Å². The molecular formula is C13H21N3O3S. The van der Waals surface area contributed by atoms with Crippen LogP contribution in [0.1, 0.15) is 32.6 Å². The number of nitrogen functional groups attached to an aromatic ring is 1. The molecule has 0 aromatic carbocycles. The molecule has 1 fully saturated rings. The number of rotatable bonds is 4. The second kappa shape index (κ2) is 5.67. The molecule has 2 unspecified atom stereocenters. The van der Waals surface area contributed by atoms with Gasteiger partial charge in [-0.2, -0.15) is 0 Å². The summed E-state index contributed by atoms with van der Waals surface area (Å²) in [6.07, 6.45) is 4.65. The number of sulfonamides is 1. The minimum Gasteiger partial charge on any atom is -0.394 e. The van der Waals surface area contributed by atoms with Crippen LogP contribution in [0.15, 0.2) is 23.2 Å². The van der Waals surface area contributed by atoms with Gasteiger partial charge in [0.05, 0.1) is 12.1 Å². The zero-order valence-electron chi connectivity index (χ0n) is 11.5. The van der Waals surface area contributed by atoms with Gasteiger partial charge in [-0.15, -0.1) is 0 Å². The monoisotopic (exact) mass is 299 g/mol. The van der Waals surface area contributed by atoms with Crippen molar-refractivity contribution in [3.05, 3.63) is 18.3 Å². The van der Waals surface area contributed by atoms with Crippen LogP contribution in [0.3, 0.4) is 0 Å². The first-order valence-corrected chi connectivity index (χ1v) is 8.22. The van der Waals surface area contributed by atoms with E-state index in [1.807, 2.05) is 0 Å². The Morgan fingerprint density at radius 3 is 2.95 bits per heavy atom. The maximum atomic E-state index is 12.4. The molecule has 1 heterocycles. The van der Waals surface area contributed by atoms with Gasteiger partial charge in [0.2, 0.25) is 10.0 Å². The highest BCUT2D eigenvalue weighted by Gasteiger charge is 2.38. The zero-order valence-corrected chi connectivity index (χ0v) is 12.4. The third kappa shape index (κ3) is 3.11. The molecule has 0 spiro atoms. The van der Waals surface area contributed by atoms with Crippen LogP contribution in [0.4, 0.5) is 5.82 Å². The first kappa shape index (κ1) is 15.2. The van der Waals surface area contributed by atoms with Gasteiger partial charge in [-0.1, -0.05) is 19.8 Å². The SMILES string of the molecule is CC1CCCC(CO)(NS(=O)(=O)c2cccnc2N)C1. The Balaban J connectivity index is 2.29. The van der Waals surface area contributed by atoms with E-state index in [1.54, 1.807) is 0 Å². The molecule has 0 bridgehead atoms. The molecule has 2 rings (SSSR count). The summed E-state index contributed by atoms with van der Waals surface area (Å²) in [7, 11) is -3.78. The van der Waals surface area contributed by atoms with Crippen molar-refractivity contribution in [1.82, 2.24) is 9.71 Å². The minimum absolute atomic E-state index is 0.0306. The first-order chi connectivity index (χ1) is 9.38. The predicted octanol–water partition coefficient (Wildman–Crippen LogP) is 0.883. The standard InChI is InChI=1S/C13H21N3O3S/c1-10-4-2-6-13(8-10,9-17)16-20(18,19)11-5-3-7-15-12(11)14/h3,5,7,10,16-17H,2,4,6,8-9H2,1H3,(H2,14,15). The lowest BCUT2D eigenvalue weighted by molar-refractivity contribution is 0.120. The van der Waals surface area contributed by atoms with Gasteiger partial charge in [-0.25, -0.2) is 18.1 Å². The van der Waals surface area contributed by atoms with Gasteiger partial charge in [0.15, 0.2) is 0 Å². The van der Waals surface area contributed by atoms with E-state index in [0.29, 0.717) is 18.8 Å². The number of hydrogen-bond donors (Lipinski definition) is 3. The van der Waals surface area contributed by atoms with Gasteiger partial charge in [0, 0.05) is 6.20 Å². The van der Waals surface area contributed by atoms with Crippen molar-refractivity contribution in [3.8, 4) is 0 Å². The second-order valence-electron chi connectivity index (χ2n) is 5.63. The summed E-state index contributed by atoms with van der Waals surface area (Å²) in [6, 6.07) is 2.95. The van der Waals surface area contributed by atoms with Gasteiger partial charge >= 0.3 is 0 Å². The van der Waals surface area contributed by atoms with Crippen LogP contribution in [0.5, 0.6) is 0 Å². The lowest BCUT2D eigenvalue weighted by Crippen LogP contribution is -2.53. The summed E-state index contributed by atoms with van der Waals surface area (Å²) < 4.78 is 27.5. The molecule has 0 amide bonds. The van der Waals surface area contributed by atoms with Gasteiger partial charge in [0.1, 0.15) is 10.7 Å². The van der Waals surface area contributed by atoms with Gasteiger partial charge < -0.3 is 10.8 Å². The van der Waals surface area contributed by atoms with Gasteiger partial charge in [-0.3, -0.25) is 0 Å². The van der Waals surface area contributed by atoms with Crippen molar-refractivity contribution in [2.24, 2.45) is 5.92 Å². The predicted molar refractivity (Wildman–Crippen MR) is 76.4 cm³/mol. The van der Waals surface area contributed by atoms with Crippen LogP contribution in [-0.4, -0.2) is 30.7 Å². The summed E-state index contributed by atoms with van der Waals surface area (Å²) in [5.41, 5.74) is 4.84. The first-order valence-electron chi connectivity index (χ1n) is 6.74. The number of pyridine rings is 1. The third-order valence-electron chi connectivity index (χ3n) is 3.83. The molecule has 1 aromatic heterocycles. The Hall–Kier alpha value is -1.18. The topological polar surface area (TPSA) is 105 Å². The molecule has 1 aliphatic carbocycles. The molecule has 1 aliphatic rings. The third-order valence-corrected chi connectivity index (χ3v) is 5.46. The molecule has 1 aromatic rings. The molecule has 1 saturated carbocycles. The van der Waals surface area contributed by atoms with E-state index in [1.165, 1.54) is 18.3 Å². The summed E-state index contributed by atoms with van der Waals surface area (Å²) in [6.45, 7) is 1.85. The summed E-state index contributed by atoms with van der Waals surface area (Å²) in [4.78, 5) is 3.76. The average Bonchev–Trinajstić information content (AvgIpc) is 2.38. The second-order valence-corrected chi connectivity index (χ2v) is 7.28. The van der Waals surface area contributed by atoms with Crippen molar-refractivity contribution in [1.29, 1.82) is 0 Å². The molecule has 20 heavy (non-hydrogen) atoms. The Morgan fingerprint density at radius 2 is 2.35 bits per heavy atom. The molecular weight excluding hydrogens is 278 g/mol. The largest absolute Gasteiger partial charge is 0.394 e. The number of aromatic nitrogens is 1. The Morgan fingerprint density at radius 1 is 1.60 bits per heavy atom. The van der Waals surface area contributed by atoms with E-state index in [-0.39, 0.29) is 17.3 Å². The smallest absolute Gasteiger partial charge is 0.244 e. The van der Waals surface area contributed by atoms with Crippen molar-refractivity contribution in [3.63, 3.8) is 0 Å². The number of aliphatic hydroxyl groups is 1. The van der Waals surface area contributed by atoms with Crippen molar-refractivity contribution in [2.75, 3.05) is 12.3 Å². The highest BCUT2D eigenvalue weighted by molar-refractivity contribution is 7.89. The average molecular weight is 299 g/mol. The highest BCUT2D eigenvalue weighted by atomic mass is 32.2. The Kier molecular flexibility index (Phi) is 4.31. The lowest BCUT2D eigenvalue weighted by atomic mass is 9.78. The molecule has 4 N–H and O–H groups in total. The molecule has 0 saturated heterocycles. The van der Waals surface area contributed by atoms with Crippen LogP contribution >= 0.6 is 0 Å². The fourth-order valence-corrected chi connectivity index (χ4v) is 4.41. The number of nitrogens with zero attached hydrogens (tertiary/aromatic N) is 1. The van der Waals surface area contributed by atoms with Crippen LogP contribution in [0.25, 0.3) is 0 Å². The number of nitrogens with one attached hydrogen (secondary N) is 1. The number of anilines is 1. The summed E-state index contributed by atoms with van der Waals surface area (Å²) in [5.74, 6) is 0.349. The molecule has 6 nitrogen and oxygen atoms in total. The summed E-state index contributed by atoms with van der Waals surface area (Å²) >= 11 is 0. The van der Waals surface area contributed by atoms with E-state index in [0.717, 1.165) is 12.8 Å². The molecule has 2 atom stereocenters. The lowest BCUT2D eigenvalue weighted by Gasteiger charge is -2.39. The van der Waals surface area contributed by atoms with E-state index < -0.39 is 15.6 Å². The number of nitrogens with two attached hydrogens (primary N) is 1. The molecule has 0 radical (unpaired) electrons. The zero-order chi connectivity index (χ0) is 14.8. The number of aliphatic hydroxyl groups excluding tert-OH is 1. The van der Waals surface area contributed by atoms with E-state index in [4.69, 9.17) is 5.73 Å². The van der Waals surface area contributed by atoms with Crippen molar-refractivity contribution < 1.29 is 13.5 Å². The molecule has 0 aliphatic heterocycles. The van der Waals surface area contributed by atoms with E-state index >= 15 is 0 Å². The van der Waals surface area contributed by atoms with Crippen molar-refractivity contribution in [2.45, 2.75) is 43.0 Å². The van der Waals surface area contributed by atoms with Crippen LogP contribution in [0.2, 0.25) is 0 Å².